The number of piperidine rings is 1. The standard InChI is InChI=1S/C18H27ClN2O3/c1-18(2,3)20-16(22)12-6-5-9-21(11-12)17(23)14-10-13(19)7-8-15(14)24-4/h7-8,10,12,17,23H,5-6,9,11H2,1-4H3,(H,20,22)/t12-,17?/m1/s1. The first-order valence-corrected chi connectivity index (χ1v) is 8.66. The molecule has 1 aliphatic heterocycles. The largest absolute Gasteiger partial charge is 0.496 e. The summed E-state index contributed by atoms with van der Waals surface area (Å²) < 4.78 is 5.33. The van der Waals surface area contributed by atoms with Gasteiger partial charge in [0.2, 0.25) is 5.91 Å². The lowest BCUT2D eigenvalue weighted by Crippen LogP contribution is -2.49. The van der Waals surface area contributed by atoms with Gasteiger partial charge in [-0.25, -0.2) is 0 Å². The molecule has 1 aliphatic rings. The molecule has 0 spiro atoms. The van der Waals surface area contributed by atoms with E-state index in [1.165, 1.54) is 0 Å². The number of halogens is 1. The SMILES string of the molecule is COc1ccc(Cl)cc1C(O)N1CCC[C@@H](C(=O)NC(C)(C)C)C1. The van der Waals surface area contributed by atoms with E-state index in [9.17, 15) is 9.90 Å². The Morgan fingerprint density at radius 1 is 1.46 bits per heavy atom. The smallest absolute Gasteiger partial charge is 0.224 e. The highest BCUT2D eigenvalue weighted by molar-refractivity contribution is 6.30. The fourth-order valence-electron chi connectivity index (χ4n) is 3.02. The maximum absolute atomic E-state index is 12.4. The summed E-state index contributed by atoms with van der Waals surface area (Å²) in [5.74, 6) is 0.503. The Morgan fingerprint density at radius 3 is 2.79 bits per heavy atom. The van der Waals surface area contributed by atoms with Gasteiger partial charge in [0.1, 0.15) is 12.0 Å². The molecule has 1 aromatic carbocycles. The first-order valence-electron chi connectivity index (χ1n) is 8.29. The number of hydrogen-bond acceptors (Lipinski definition) is 4. The zero-order valence-corrected chi connectivity index (χ0v) is 15.6. The number of nitrogens with zero attached hydrogens (tertiary/aromatic N) is 1. The van der Waals surface area contributed by atoms with E-state index in [0.717, 1.165) is 19.4 Å². The van der Waals surface area contributed by atoms with Crippen LogP contribution in [0.4, 0.5) is 0 Å². The summed E-state index contributed by atoms with van der Waals surface area (Å²) in [7, 11) is 1.56. The number of carbonyl (C=O) groups is 1. The molecule has 1 amide bonds. The van der Waals surface area contributed by atoms with Crippen molar-refractivity contribution in [2.45, 2.75) is 45.4 Å². The van der Waals surface area contributed by atoms with Crippen molar-refractivity contribution >= 4 is 17.5 Å². The molecule has 1 aromatic rings. The van der Waals surface area contributed by atoms with Crippen LogP contribution < -0.4 is 10.1 Å². The van der Waals surface area contributed by atoms with Crippen molar-refractivity contribution in [2.75, 3.05) is 20.2 Å². The minimum atomic E-state index is -0.844. The molecule has 2 N–H and O–H groups in total. The summed E-state index contributed by atoms with van der Waals surface area (Å²) in [6, 6.07) is 5.19. The van der Waals surface area contributed by atoms with Crippen molar-refractivity contribution in [1.82, 2.24) is 10.2 Å². The minimum Gasteiger partial charge on any atom is -0.496 e. The van der Waals surface area contributed by atoms with Crippen LogP contribution in [0.3, 0.4) is 0 Å². The fourth-order valence-corrected chi connectivity index (χ4v) is 3.20. The molecule has 1 saturated heterocycles. The van der Waals surface area contributed by atoms with Crippen LogP contribution in [0.5, 0.6) is 5.75 Å². The number of benzene rings is 1. The van der Waals surface area contributed by atoms with Gasteiger partial charge in [-0.05, 0) is 51.8 Å². The molecule has 0 aliphatic carbocycles. The number of methoxy groups -OCH3 is 1. The van der Waals surface area contributed by atoms with Crippen LogP contribution in [0.15, 0.2) is 18.2 Å². The van der Waals surface area contributed by atoms with Crippen LogP contribution in [0.25, 0.3) is 0 Å². The molecule has 0 saturated carbocycles. The predicted octanol–water partition coefficient (Wildman–Crippen LogP) is 2.97. The van der Waals surface area contributed by atoms with Gasteiger partial charge in [-0.3, -0.25) is 9.69 Å². The monoisotopic (exact) mass is 354 g/mol. The Labute approximate surface area is 148 Å². The highest BCUT2D eigenvalue weighted by Gasteiger charge is 2.32. The highest BCUT2D eigenvalue weighted by Crippen LogP contribution is 2.32. The minimum absolute atomic E-state index is 0.0393. The molecule has 1 heterocycles. The third-order valence-electron chi connectivity index (χ3n) is 4.14. The summed E-state index contributed by atoms with van der Waals surface area (Å²) in [4.78, 5) is 14.3. The molecular weight excluding hydrogens is 328 g/mol. The van der Waals surface area contributed by atoms with Crippen LogP contribution in [-0.4, -0.2) is 41.7 Å². The number of rotatable bonds is 4. The molecular formula is C18H27ClN2O3. The summed E-state index contributed by atoms with van der Waals surface area (Å²) in [5, 5.41) is 14.3. The quantitative estimate of drug-likeness (QED) is 0.872. The van der Waals surface area contributed by atoms with E-state index in [2.05, 4.69) is 5.32 Å². The van der Waals surface area contributed by atoms with Gasteiger partial charge in [0.15, 0.2) is 0 Å². The first-order chi connectivity index (χ1) is 11.2. The van der Waals surface area contributed by atoms with Crippen LogP contribution >= 0.6 is 11.6 Å². The number of likely N-dealkylation sites (tertiary alicyclic amines) is 1. The zero-order chi connectivity index (χ0) is 17.9. The normalized spacial score (nSPS) is 20.5. The molecule has 1 unspecified atom stereocenters. The summed E-state index contributed by atoms with van der Waals surface area (Å²) in [6.07, 6.45) is 0.851. The number of nitrogens with one attached hydrogen (secondary N) is 1. The Bertz CT molecular complexity index is 586. The third kappa shape index (κ3) is 4.85. The van der Waals surface area contributed by atoms with Gasteiger partial charge in [0, 0.05) is 29.2 Å². The van der Waals surface area contributed by atoms with Crippen LogP contribution in [0, 0.1) is 5.92 Å². The van der Waals surface area contributed by atoms with E-state index in [-0.39, 0.29) is 17.4 Å². The second-order valence-corrected chi connectivity index (χ2v) is 7.77. The van der Waals surface area contributed by atoms with Gasteiger partial charge in [0.05, 0.1) is 13.0 Å². The number of carbonyl (C=O) groups excluding carboxylic acids is 1. The van der Waals surface area contributed by atoms with Gasteiger partial charge in [-0.15, -0.1) is 0 Å². The molecule has 24 heavy (non-hydrogen) atoms. The Hall–Kier alpha value is -1.30. The number of aliphatic hydroxyl groups is 1. The predicted molar refractivity (Wildman–Crippen MR) is 95.2 cm³/mol. The highest BCUT2D eigenvalue weighted by atomic mass is 35.5. The van der Waals surface area contributed by atoms with E-state index in [4.69, 9.17) is 16.3 Å². The van der Waals surface area contributed by atoms with Gasteiger partial charge < -0.3 is 15.2 Å². The molecule has 2 atom stereocenters. The number of aliphatic hydroxyl groups excluding tert-OH is 1. The van der Waals surface area contributed by atoms with E-state index < -0.39 is 6.23 Å². The maximum atomic E-state index is 12.4. The van der Waals surface area contributed by atoms with Gasteiger partial charge in [-0.2, -0.15) is 0 Å². The second kappa shape index (κ2) is 7.72. The van der Waals surface area contributed by atoms with E-state index in [0.29, 0.717) is 22.9 Å². The zero-order valence-electron chi connectivity index (χ0n) is 14.8. The Morgan fingerprint density at radius 2 is 2.17 bits per heavy atom. The average molecular weight is 355 g/mol. The van der Waals surface area contributed by atoms with E-state index in [1.807, 2.05) is 25.7 Å². The van der Waals surface area contributed by atoms with Crippen LogP contribution in [0.2, 0.25) is 5.02 Å². The lowest BCUT2D eigenvalue weighted by molar-refractivity contribution is -0.130. The number of ether oxygens (including phenoxy) is 1. The molecule has 134 valence electrons. The van der Waals surface area contributed by atoms with Gasteiger partial charge >= 0.3 is 0 Å². The first kappa shape index (κ1) is 19.0. The van der Waals surface area contributed by atoms with Gasteiger partial charge in [0.25, 0.3) is 0 Å². The average Bonchev–Trinajstić information content (AvgIpc) is 2.52. The van der Waals surface area contributed by atoms with Crippen molar-refractivity contribution in [2.24, 2.45) is 5.92 Å². The Balaban J connectivity index is 2.12. The lowest BCUT2D eigenvalue weighted by atomic mass is 9.95. The molecule has 0 aromatic heterocycles. The maximum Gasteiger partial charge on any atom is 0.224 e. The lowest BCUT2D eigenvalue weighted by Gasteiger charge is -2.36. The van der Waals surface area contributed by atoms with Crippen molar-refractivity contribution in [3.05, 3.63) is 28.8 Å². The molecule has 0 bridgehead atoms. The molecule has 0 radical (unpaired) electrons. The van der Waals surface area contributed by atoms with Gasteiger partial charge in [-0.1, -0.05) is 11.6 Å². The van der Waals surface area contributed by atoms with Crippen molar-refractivity contribution < 1.29 is 14.6 Å². The second-order valence-electron chi connectivity index (χ2n) is 7.33. The summed E-state index contributed by atoms with van der Waals surface area (Å²) in [5.41, 5.74) is 0.371. The fraction of sp³-hybridized carbons (Fsp3) is 0.611. The molecule has 6 heteroatoms. The van der Waals surface area contributed by atoms with Crippen molar-refractivity contribution in [3.63, 3.8) is 0 Å². The van der Waals surface area contributed by atoms with Crippen LogP contribution in [-0.2, 0) is 4.79 Å². The topological polar surface area (TPSA) is 61.8 Å². The molecule has 1 fully saturated rings. The van der Waals surface area contributed by atoms with Crippen LogP contribution in [0.1, 0.15) is 45.4 Å². The molecule has 2 rings (SSSR count). The van der Waals surface area contributed by atoms with Crippen molar-refractivity contribution in [3.8, 4) is 5.75 Å². The molecule has 5 nitrogen and oxygen atoms in total. The van der Waals surface area contributed by atoms with Crippen molar-refractivity contribution in [1.29, 1.82) is 0 Å². The number of hydrogen-bond donors (Lipinski definition) is 2. The summed E-state index contributed by atoms with van der Waals surface area (Å²) >= 11 is 6.06. The number of amides is 1. The summed E-state index contributed by atoms with van der Waals surface area (Å²) in [6.45, 7) is 7.15. The Kier molecular flexibility index (Phi) is 6.12. The van der Waals surface area contributed by atoms with E-state index in [1.54, 1.807) is 25.3 Å². The third-order valence-corrected chi connectivity index (χ3v) is 4.37. The van der Waals surface area contributed by atoms with E-state index >= 15 is 0 Å².